The Balaban J connectivity index is 2.32. The molecule has 144 valence electrons. The number of carbonyl (C=O) groups excluding carboxylic acids is 1. The molecule has 1 heterocycles. The molecule has 1 aromatic carbocycles. The molecule has 0 unspecified atom stereocenters. The molecule has 1 amide bonds. The predicted molar refractivity (Wildman–Crippen MR) is 103 cm³/mol. The van der Waals surface area contributed by atoms with Gasteiger partial charge in [0.2, 0.25) is 0 Å². The van der Waals surface area contributed by atoms with Gasteiger partial charge in [-0.1, -0.05) is 30.0 Å². The number of carboxylic acid groups (broad SMARTS) is 2. The third-order valence-corrected chi connectivity index (χ3v) is 4.90. The van der Waals surface area contributed by atoms with Gasteiger partial charge in [0.05, 0.1) is 25.0 Å². The number of aliphatic carboxylic acids is 2. The lowest BCUT2D eigenvalue weighted by atomic mass is 10.1. The van der Waals surface area contributed by atoms with E-state index in [1.54, 1.807) is 18.2 Å². The second-order valence-electron chi connectivity index (χ2n) is 5.35. The Labute approximate surface area is 164 Å². The Morgan fingerprint density at radius 1 is 1.33 bits per heavy atom. The number of carbonyl (C=O) groups is 3. The largest absolute Gasteiger partial charge is 0.493 e. The summed E-state index contributed by atoms with van der Waals surface area (Å²) in [6, 6.07) is 3.52. The lowest BCUT2D eigenvalue weighted by Crippen LogP contribution is -2.45. The van der Waals surface area contributed by atoms with Crippen molar-refractivity contribution in [2.75, 3.05) is 13.7 Å². The molecule has 1 aliphatic heterocycles. The van der Waals surface area contributed by atoms with Crippen molar-refractivity contribution in [1.82, 2.24) is 4.90 Å². The van der Waals surface area contributed by atoms with Gasteiger partial charge < -0.3 is 19.7 Å². The zero-order valence-corrected chi connectivity index (χ0v) is 16.1. The maximum atomic E-state index is 12.6. The van der Waals surface area contributed by atoms with E-state index in [-0.39, 0.29) is 9.23 Å². The van der Waals surface area contributed by atoms with Crippen LogP contribution in [0.25, 0.3) is 6.08 Å². The molecule has 1 atom stereocenters. The number of amides is 1. The van der Waals surface area contributed by atoms with Gasteiger partial charge >= 0.3 is 11.9 Å². The van der Waals surface area contributed by atoms with E-state index in [1.165, 1.54) is 13.2 Å². The van der Waals surface area contributed by atoms with E-state index in [0.29, 0.717) is 23.7 Å². The summed E-state index contributed by atoms with van der Waals surface area (Å²) in [5.74, 6) is -2.38. The number of carboxylic acids is 2. The van der Waals surface area contributed by atoms with E-state index in [4.69, 9.17) is 26.8 Å². The Kier molecular flexibility index (Phi) is 6.81. The average Bonchev–Trinajstić information content (AvgIpc) is 2.87. The van der Waals surface area contributed by atoms with Gasteiger partial charge in [0, 0.05) is 0 Å². The third-order valence-electron chi connectivity index (χ3n) is 3.57. The third kappa shape index (κ3) is 4.77. The van der Waals surface area contributed by atoms with Gasteiger partial charge in [0.25, 0.3) is 5.91 Å². The summed E-state index contributed by atoms with van der Waals surface area (Å²) in [5.41, 5.74) is 0.626. The van der Waals surface area contributed by atoms with Gasteiger partial charge in [-0.05, 0) is 30.7 Å². The van der Waals surface area contributed by atoms with Gasteiger partial charge in [-0.2, -0.15) is 0 Å². The number of methoxy groups -OCH3 is 1. The number of thioether (sulfide) groups is 1. The summed E-state index contributed by atoms with van der Waals surface area (Å²) >= 11 is 6.01. The van der Waals surface area contributed by atoms with Crippen molar-refractivity contribution in [3.8, 4) is 11.5 Å². The standard InChI is InChI=1S/C17H17NO7S2/c1-3-25-11-5-4-9(6-12(11)24-2)7-13-15(21)18(17(26)27-13)10(16(22)23)8-14(19)20/h4-7,10H,3,8H2,1-2H3,(H,19,20)(H,22,23)/b13-7+/t10-/m0/s1. The fourth-order valence-electron chi connectivity index (χ4n) is 2.40. The number of rotatable bonds is 8. The molecule has 0 bridgehead atoms. The summed E-state index contributed by atoms with van der Waals surface area (Å²) in [7, 11) is 1.49. The second kappa shape index (κ2) is 8.87. The molecule has 0 saturated carbocycles. The summed E-state index contributed by atoms with van der Waals surface area (Å²) in [4.78, 5) is 35.9. The van der Waals surface area contributed by atoms with Gasteiger partial charge in [0.15, 0.2) is 11.5 Å². The molecule has 1 saturated heterocycles. The normalized spacial score (nSPS) is 16.5. The van der Waals surface area contributed by atoms with E-state index in [9.17, 15) is 19.5 Å². The number of thiocarbonyl (C=S) groups is 1. The van der Waals surface area contributed by atoms with Gasteiger partial charge in [0.1, 0.15) is 10.4 Å². The van der Waals surface area contributed by atoms with Crippen LogP contribution in [-0.2, 0) is 14.4 Å². The second-order valence-corrected chi connectivity index (χ2v) is 7.02. The fourth-order valence-corrected chi connectivity index (χ4v) is 3.76. The monoisotopic (exact) mass is 411 g/mol. The molecule has 1 aliphatic rings. The van der Waals surface area contributed by atoms with Crippen LogP contribution in [0.4, 0.5) is 0 Å². The van der Waals surface area contributed by atoms with Gasteiger partial charge in [-0.25, -0.2) is 4.79 Å². The molecule has 0 radical (unpaired) electrons. The maximum Gasteiger partial charge on any atom is 0.327 e. The Bertz CT molecular complexity index is 821. The average molecular weight is 411 g/mol. The van der Waals surface area contributed by atoms with Gasteiger partial charge in [-0.3, -0.25) is 14.5 Å². The minimum atomic E-state index is -1.56. The summed E-state index contributed by atoms with van der Waals surface area (Å²) < 4.78 is 10.7. The quantitative estimate of drug-likeness (QED) is 0.491. The first-order chi connectivity index (χ1) is 12.8. The highest BCUT2D eigenvalue weighted by Gasteiger charge is 2.41. The lowest BCUT2D eigenvalue weighted by molar-refractivity contribution is -0.150. The van der Waals surface area contributed by atoms with Crippen molar-refractivity contribution >= 4 is 52.2 Å². The molecule has 2 N–H and O–H groups in total. The number of hydrogen-bond donors (Lipinski definition) is 2. The van der Waals surface area contributed by atoms with Crippen molar-refractivity contribution in [3.05, 3.63) is 28.7 Å². The predicted octanol–water partition coefficient (Wildman–Crippen LogP) is 2.22. The van der Waals surface area contributed by atoms with Crippen LogP contribution < -0.4 is 9.47 Å². The van der Waals surface area contributed by atoms with Crippen molar-refractivity contribution in [2.45, 2.75) is 19.4 Å². The zero-order chi connectivity index (χ0) is 20.1. The molecule has 0 aliphatic carbocycles. The van der Waals surface area contributed by atoms with Crippen LogP contribution in [0.5, 0.6) is 11.5 Å². The molecule has 1 fully saturated rings. The molecular formula is C17H17NO7S2. The van der Waals surface area contributed by atoms with Crippen LogP contribution in [0.3, 0.4) is 0 Å². The van der Waals surface area contributed by atoms with E-state index < -0.39 is 30.3 Å². The topological polar surface area (TPSA) is 113 Å². The molecular weight excluding hydrogens is 394 g/mol. The first-order valence-corrected chi connectivity index (χ1v) is 9.03. The first kappa shape index (κ1) is 20.7. The molecule has 10 heteroatoms. The highest BCUT2D eigenvalue weighted by atomic mass is 32.2. The lowest BCUT2D eigenvalue weighted by Gasteiger charge is -2.21. The van der Waals surface area contributed by atoms with Crippen LogP contribution >= 0.6 is 24.0 Å². The van der Waals surface area contributed by atoms with Crippen LogP contribution in [0.2, 0.25) is 0 Å². The minimum Gasteiger partial charge on any atom is -0.493 e. The number of ether oxygens (including phenoxy) is 2. The molecule has 0 spiro atoms. The Morgan fingerprint density at radius 2 is 2.04 bits per heavy atom. The van der Waals surface area contributed by atoms with E-state index in [0.717, 1.165) is 16.7 Å². The Morgan fingerprint density at radius 3 is 2.59 bits per heavy atom. The van der Waals surface area contributed by atoms with Crippen molar-refractivity contribution in [3.63, 3.8) is 0 Å². The maximum absolute atomic E-state index is 12.6. The molecule has 0 aromatic heterocycles. The van der Waals surface area contributed by atoms with Crippen molar-refractivity contribution in [2.24, 2.45) is 0 Å². The fraction of sp³-hybridized carbons (Fsp3) is 0.294. The smallest absolute Gasteiger partial charge is 0.327 e. The van der Waals surface area contributed by atoms with E-state index >= 15 is 0 Å². The molecule has 27 heavy (non-hydrogen) atoms. The van der Waals surface area contributed by atoms with E-state index in [2.05, 4.69) is 0 Å². The SMILES string of the molecule is CCOc1ccc(/C=C2/SC(=S)N([C@@H](CC(=O)O)C(=O)O)C2=O)cc1OC. The van der Waals surface area contributed by atoms with Gasteiger partial charge in [-0.15, -0.1) is 0 Å². The molecule has 1 aromatic rings. The molecule has 8 nitrogen and oxygen atoms in total. The number of hydrogen-bond acceptors (Lipinski definition) is 7. The highest BCUT2D eigenvalue weighted by Crippen LogP contribution is 2.36. The van der Waals surface area contributed by atoms with Crippen molar-refractivity contribution in [1.29, 1.82) is 0 Å². The summed E-state index contributed by atoms with van der Waals surface area (Å²) in [6.45, 7) is 2.31. The summed E-state index contributed by atoms with van der Waals surface area (Å²) in [6.07, 6.45) is 0.795. The van der Waals surface area contributed by atoms with E-state index in [1.807, 2.05) is 6.92 Å². The number of nitrogens with zero attached hydrogens (tertiary/aromatic N) is 1. The minimum absolute atomic E-state index is 0.00204. The number of benzene rings is 1. The van der Waals surface area contributed by atoms with Crippen LogP contribution in [-0.4, -0.2) is 57.0 Å². The molecule has 2 rings (SSSR count). The highest BCUT2D eigenvalue weighted by molar-refractivity contribution is 8.26. The Hall–Kier alpha value is -2.59. The van der Waals surface area contributed by atoms with Crippen molar-refractivity contribution < 1.29 is 34.1 Å². The zero-order valence-electron chi connectivity index (χ0n) is 14.5. The van der Waals surface area contributed by atoms with Crippen LogP contribution in [0, 0.1) is 0 Å². The first-order valence-electron chi connectivity index (χ1n) is 7.81. The van der Waals surface area contributed by atoms with Crippen LogP contribution in [0.15, 0.2) is 23.1 Å². The summed E-state index contributed by atoms with van der Waals surface area (Å²) in [5, 5.41) is 18.2. The van der Waals surface area contributed by atoms with Crippen LogP contribution in [0.1, 0.15) is 18.9 Å².